The molecule has 0 saturated carbocycles. The maximum atomic E-state index is 12.6. The fourth-order valence-corrected chi connectivity index (χ4v) is 2.89. The lowest BCUT2D eigenvalue weighted by atomic mass is 10.3. The average Bonchev–Trinajstić information content (AvgIpc) is 2.19. The van der Waals surface area contributed by atoms with E-state index in [-0.39, 0.29) is 11.6 Å². The molecule has 2 nitrogen and oxygen atoms in total. The Balaban J connectivity index is 2.19. The van der Waals surface area contributed by atoms with Crippen molar-refractivity contribution in [1.82, 2.24) is 0 Å². The van der Waals surface area contributed by atoms with Gasteiger partial charge >= 0.3 is 0 Å². The third-order valence-corrected chi connectivity index (χ3v) is 4.20. The van der Waals surface area contributed by atoms with E-state index >= 15 is 0 Å². The first-order valence-electron chi connectivity index (χ1n) is 4.78. The van der Waals surface area contributed by atoms with Crippen molar-refractivity contribution in [1.29, 1.82) is 0 Å². The predicted molar refractivity (Wildman–Crippen MR) is 66.0 cm³/mol. The van der Waals surface area contributed by atoms with Crippen LogP contribution in [-0.4, -0.2) is 19.9 Å². The highest BCUT2D eigenvalue weighted by Gasteiger charge is 2.03. The topological polar surface area (TPSA) is 34.1 Å². The van der Waals surface area contributed by atoms with E-state index in [9.17, 15) is 12.8 Å². The third-order valence-electron chi connectivity index (χ3n) is 1.86. The summed E-state index contributed by atoms with van der Waals surface area (Å²) in [5, 5.41) is 0. The summed E-state index contributed by atoms with van der Waals surface area (Å²) in [5.41, 5.74) is 0. The van der Waals surface area contributed by atoms with E-state index in [4.69, 9.17) is 10.7 Å². The van der Waals surface area contributed by atoms with Crippen LogP contribution in [0.25, 0.3) is 0 Å². The molecule has 0 bridgehead atoms. The third kappa shape index (κ3) is 6.35. The Kier molecular flexibility index (Phi) is 5.58. The lowest BCUT2D eigenvalue weighted by Crippen LogP contribution is -1.97. The van der Waals surface area contributed by atoms with Gasteiger partial charge in [-0.25, -0.2) is 12.8 Å². The molecule has 90 valence electrons. The van der Waals surface area contributed by atoms with E-state index < -0.39 is 9.05 Å². The summed E-state index contributed by atoms with van der Waals surface area (Å²) < 4.78 is 33.8. The zero-order valence-corrected chi connectivity index (χ0v) is 10.9. The smallest absolute Gasteiger partial charge is 0.212 e. The van der Waals surface area contributed by atoms with Crippen molar-refractivity contribution in [3.8, 4) is 0 Å². The number of benzene rings is 1. The van der Waals surface area contributed by atoms with Crippen LogP contribution in [0.15, 0.2) is 29.2 Å². The Morgan fingerprint density at radius 3 is 2.38 bits per heavy atom. The van der Waals surface area contributed by atoms with Gasteiger partial charge < -0.3 is 0 Å². The van der Waals surface area contributed by atoms with E-state index in [0.29, 0.717) is 6.42 Å². The molecule has 0 atom stereocenters. The lowest BCUT2D eigenvalue weighted by Gasteiger charge is -2.00. The van der Waals surface area contributed by atoms with E-state index in [1.165, 1.54) is 12.1 Å². The van der Waals surface area contributed by atoms with Crippen LogP contribution < -0.4 is 0 Å². The summed E-state index contributed by atoms with van der Waals surface area (Å²) in [6, 6.07) is 6.23. The molecule has 0 aliphatic rings. The number of thioether (sulfide) groups is 1. The van der Waals surface area contributed by atoms with Crippen LogP contribution in [0.5, 0.6) is 0 Å². The number of hydrogen-bond donors (Lipinski definition) is 0. The molecule has 1 aromatic carbocycles. The van der Waals surface area contributed by atoms with Crippen LogP contribution in [-0.2, 0) is 9.05 Å². The average molecular weight is 283 g/mol. The molecule has 1 aromatic rings. The Morgan fingerprint density at radius 1 is 1.19 bits per heavy atom. The van der Waals surface area contributed by atoms with Crippen LogP contribution in [0, 0.1) is 5.82 Å². The molecule has 16 heavy (non-hydrogen) atoms. The van der Waals surface area contributed by atoms with Gasteiger partial charge in [0.25, 0.3) is 0 Å². The molecule has 6 heteroatoms. The fourth-order valence-electron chi connectivity index (χ4n) is 1.10. The second-order valence-corrected chi connectivity index (χ2v) is 7.32. The molecule has 0 amide bonds. The molecule has 0 saturated heterocycles. The van der Waals surface area contributed by atoms with Crippen molar-refractivity contribution in [2.75, 3.05) is 11.5 Å². The van der Waals surface area contributed by atoms with E-state index in [0.717, 1.165) is 17.1 Å². The molecule has 0 N–H and O–H groups in total. The number of rotatable bonds is 6. The molecule has 1 rings (SSSR count). The van der Waals surface area contributed by atoms with Gasteiger partial charge in [0.1, 0.15) is 5.82 Å². The predicted octanol–water partition coefficient (Wildman–Crippen LogP) is 3.27. The molecular weight excluding hydrogens is 271 g/mol. The minimum atomic E-state index is -3.36. The van der Waals surface area contributed by atoms with Crippen molar-refractivity contribution in [3.63, 3.8) is 0 Å². The highest BCUT2D eigenvalue weighted by molar-refractivity contribution is 8.13. The highest BCUT2D eigenvalue weighted by Crippen LogP contribution is 2.19. The van der Waals surface area contributed by atoms with E-state index in [1.807, 2.05) is 0 Å². The van der Waals surface area contributed by atoms with Gasteiger partial charge in [0.2, 0.25) is 9.05 Å². The number of hydrogen-bond acceptors (Lipinski definition) is 3. The molecule has 0 unspecified atom stereocenters. The lowest BCUT2D eigenvalue weighted by molar-refractivity contribution is 0.606. The summed E-state index contributed by atoms with van der Waals surface area (Å²) in [5.74, 6) is 0.564. The second-order valence-electron chi connectivity index (χ2n) is 3.25. The monoisotopic (exact) mass is 282 g/mol. The van der Waals surface area contributed by atoms with Gasteiger partial charge in [-0.1, -0.05) is 0 Å². The minimum absolute atomic E-state index is 0.0124. The molecule has 0 radical (unpaired) electrons. The summed E-state index contributed by atoms with van der Waals surface area (Å²) in [6.07, 6.45) is 1.33. The van der Waals surface area contributed by atoms with Gasteiger partial charge in [-0.2, -0.15) is 0 Å². The Bertz CT molecular complexity index is 417. The summed E-state index contributed by atoms with van der Waals surface area (Å²) >= 11 is 1.58. The van der Waals surface area contributed by atoms with Gasteiger partial charge in [0, 0.05) is 15.6 Å². The first-order valence-corrected chi connectivity index (χ1v) is 8.24. The maximum absolute atomic E-state index is 12.6. The summed E-state index contributed by atoms with van der Waals surface area (Å²) in [7, 11) is 1.71. The zero-order chi connectivity index (χ0) is 12.0. The van der Waals surface area contributed by atoms with E-state index in [2.05, 4.69) is 0 Å². The normalized spacial score (nSPS) is 11.6. The van der Waals surface area contributed by atoms with Gasteiger partial charge in [0.05, 0.1) is 5.75 Å². The zero-order valence-electron chi connectivity index (χ0n) is 8.53. The summed E-state index contributed by atoms with van der Waals surface area (Å²) in [6.45, 7) is 0. The number of unbranched alkanes of at least 4 members (excludes halogenated alkanes) is 1. The highest BCUT2D eigenvalue weighted by atomic mass is 35.7. The van der Waals surface area contributed by atoms with Crippen molar-refractivity contribution in [2.24, 2.45) is 0 Å². The molecule has 0 aliphatic carbocycles. The van der Waals surface area contributed by atoms with Crippen LogP contribution >= 0.6 is 22.4 Å². The fraction of sp³-hybridized carbons (Fsp3) is 0.400. The molecule has 0 aromatic heterocycles. The van der Waals surface area contributed by atoms with Gasteiger partial charge in [0.15, 0.2) is 0 Å². The van der Waals surface area contributed by atoms with Crippen molar-refractivity contribution in [3.05, 3.63) is 30.1 Å². The maximum Gasteiger partial charge on any atom is 0.232 e. The Labute approximate surface area is 104 Å². The van der Waals surface area contributed by atoms with Crippen molar-refractivity contribution >= 4 is 31.5 Å². The van der Waals surface area contributed by atoms with Gasteiger partial charge in [-0.3, -0.25) is 0 Å². The number of halogens is 2. The van der Waals surface area contributed by atoms with Crippen LogP contribution in [0.4, 0.5) is 4.39 Å². The van der Waals surface area contributed by atoms with Gasteiger partial charge in [-0.15, -0.1) is 11.8 Å². The summed E-state index contributed by atoms with van der Waals surface area (Å²) in [4.78, 5) is 0.982. The molecular formula is C10H12ClFO2S2. The molecule has 0 heterocycles. The first-order chi connectivity index (χ1) is 7.47. The van der Waals surface area contributed by atoms with Crippen molar-refractivity contribution in [2.45, 2.75) is 17.7 Å². The van der Waals surface area contributed by atoms with Gasteiger partial charge in [-0.05, 0) is 42.9 Å². The second kappa shape index (κ2) is 6.47. The van der Waals surface area contributed by atoms with E-state index in [1.54, 1.807) is 23.9 Å². The van der Waals surface area contributed by atoms with Crippen molar-refractivity contribution < 1.29 is 12.8 Å². The quantitative estimate of drug-likeness (QED) is 0.456. The molecule has 0 fully saturated rings. The minimum Gasteiger partial charge on any atom is -0.212 e. The SMILES string of the molecule is O=S(=O)(Cl)CCCCSc1ccc(F)cc1. The van der Waals surface area contributed by atoms with Crippen LogP contribution in [0.2, 0.25) is 0 Å². The molecule has 0 aliphatic heterocycles. The standard InChI is InChI=1S/C10H12ClFO2S2/c11-16(13,14)8-2-1-7-15-10-5-3-9(12)4-6-10/h3-6H,1-2,7-8H2. The molecule has 0 spiro atoms. The van der Waals surface area contributed by atoms with Crippen LogP contribution in [0.3, 0.4) is 0 Å². The largest absolute Gasteiger partial charge is 0.232 e. The first kappa shape index (κ1) is 13.8. The Hall–Kier alpha value is -0.260. The Morgan fingerprint density at radius 2 is 1.81 bits per heavy atom. The van der Waals surface area contributed by atoms with Crippen LogP contribution in [0.1, 0.15) is 12.8 Å².